The van der Waals surface area contributed by atoms with E-state index < -0.39 is 0 Å². The fourth-order valence-corrected chi connectivity index (χ4v) is 4.54. The highest BCUT2D eigenvalue weighted by molar-refractivity contribution is 6.80. The van der Waals surface area contributed by atoms with Crippen molar-refractivity contribution in [2.24, 2.45) is 0 Å². The standard InChI is InChI=1S/C16H28BCl/c1-2-3-4-5-6-13-16(18)17-14-9-7-10-15(17)12-8-11-14/h13-15H,2-12H2,1H3/b16-13-. The van der Waals surface area contributed by atoms with Crippen LogP contribution in [0.25, 0.3) is 0 Å². The third-order valence-electron chi connectivity index (χ3n) is 5.03. The molecular formula is C16H28BCl. The minimum absolute atomic E-state index is 0.736. The molecule has 2 saturated heterocycles. The van der Waals surface area contributed by atoms with E-state index in [2.05, 4.69) is 13.0 Å². The van der Waals surface area contributed by atoms with Gasteiger partial charge in [-0.25, -0.2) is 0 Å². The summed E-state index contributed by atoms with van der Waals surface area (Å²) < 4.78 is 0. The van der Waals surface area contributed by atoms with Gasteiger partial charge in [0.15, 0.2) is 6.71 Å². The Morgan fingerprint density at radius 3 is 2.22 bits per heavy atom. The first kappa shape index (κ1) is 14.5. The topological polar surface area (TPSA) is 0 Å². The molecule has 0 atom stereocenters. The Morgan fingerprint density at radius 1 is 1.06 bits per heavy atom. The van der Waals surface area contributed by atoms with Crippen LogP contribution in [0.5, 0.6) is 0 Å². The zero-order valence-corrected chi connectivity index (χ0v) is 12.7. The number of hydrogen-bond donors (Lipinski definition) is 0. The normalized spacial score (nSPS) is 28.6. The van der Waals surface area contributed by atoms with Crippen LogP contribution in [0, 0.1) is 0 Å². The third kappa shape index (κ3) is 3.79. The molecular weight excluding hydrogens is 238 g/mol. The van der Waals surface area contributed by atoms with Crippen LogP contribution in [-0.4, -0.2) is 6.71 Å². The molecule has 0 nitrogen and oxygen atoms in total. The maximum absolute atomic E-state index is 6.64. The van der Waals surface area contributed by atoms with Crippen LogP contribution in [0.4, 0.5) is 0 Å². The summed E-state index contributed by atoms with van der Waals surface area (Å²) in [6.07, 6.45) is 17.6. The van der Waals surface area contributed by atoms with Gasteiger partial charge in [-0.15, -0.1) is 11.6 Å². The van der Waals surface area contributed by atoms with E-state index in [-0.39, 0.29) is 0 Å². The molecule has 0 aromatic heterocycles. The minimum Gasteiger partial charge on any atom is -0.100 e. The van der Waals surface area contributed by atoms with E-state index in [4.69, 9.17) is 11.6 Å². The Bertz CT molecular complexity index is 252. The van der Waals surface area contributed by atoms with E-state index >= 15 is 0 Å². The average Bonchev–Trinajstić information content (AvgIpc) is 2.37. The van der Waals surface area contributed by atoms with Crippen molar-refractivity contribution in [2.45, 2.75) is 89.2 Å². The van der Waals surface area contributed by atoms with Crippen molar-refractivity contribution in [3.63, 3.8) is 0 Å². The summed E-state index contributed by atoms with van der Waals surface area (Å²) in [4.78, 5) is 1.22. The van der Waals surface area contributed by atoms with Crippen LogP contribution < -0.4 is 0 Å². The van der Waals surface area contributed by atoms with Gasteiger partial charge < -0.3 is 0 Å². The highest BCUT2D eigenvalue weighted by Crippen LogP contribution is 2.49. The van der Waals surface area contributed by atoms with Crippen molar-refractivity contribution in [3.05, 3.63) is 11.0 Å². The van der Waals surface area contributed by atoms with Crippen LogP contribution in [-0.2, 0) is 0 Å². The second-order valence-electron chi connectivity index (χ2n) is 6.35. The lowest BCUT2D eigenvalue weighted by Gasteiger charge is -2.40. The smallest absolute Gasteiger partial charge is 0.100 e. The van der Waals surface area contributed by atoms with Gasteiger partial charge in [0.05, 0.1) is 0 Å². The molecule has 0 aliphatic carbocycles. The van der Waals surface area contributed by atoms with Gasteiger partial charge in [-0.2, -0.15) is 0 Å². The molecule has 2 heterocycles. The van der Waals surface area contributed by atoms with Crippen LogP contribution >= 0.6 is 11.6 Å². The van der Waals surface area contributed by atoms with Gasteiger partial charge >= 0.3 is 0 Å². The van der Waals surface area contributed by atoms with Crippen LogP contribution in [0.3, 0.4) is 0 Å². The number of halogens is 1. The Labute approximate surface area is 119 Å². The molecule has 18 heavy (non-hydrogen) atoms. The summed E-state index contributed by atoms with van der Waals surface area (Å²) in [6, 6.07) is 0. The van der Waals surface area contributed by atoms with Gasteiger partial charge in [-0.1, -0.05) is 82.4 Å². The van der Waals surface area contributed by atoms with Gasteiger partial charge in [0.2, 0.25) is 0 Å². The number of allylic oxidation sites excluding steroid dienone is 1. The van der Waals surface area contributed by atoms with E-state index in [1.165, 1.54) is 75.6 Å². The fraction of sp³-hybridized carbons (Fsp3) is 0.875. The highest BCUT2D eigenvalue weighted by Gasteiger charge is 2.40. The third-order valence-corrected chi connectivity index (χ3v) is 5.44. The quantitative estimate of drug-likeness (QED) is 0.395. The lowest BCUT2D eigenvalue weighted by atomic mass is 9.27. The largest absolute Gasteiger partial charge is 0.196 e. The summed E-state index contributed by atoms with van der Waals surface area (Å²) >= 11 is 6.64. The number of hydrogen-bond acceptors (Lipinski definition) is 0. The summed E-state index contributed by atoms with van der Waals surface area (Å²) in [6.45, 7) is 3.01. The molecule has 0 aromatic rings. The van der Waals surface area contributed by atoms with Gasteiger partial charge in [-0.05, 0) is 17.8 Å². The van der Waals surface area contributed by atoms with Crippen molar-refractivity contribution >= 4 is 18.3 Å². The maximum atomic E-state index is 6.64. The number of rotatable bonds is 6. The van der Waals surface area contributed by atoms with E-state index in [0.717, 1.165) is 18.3 Å². The van der Waals surface area contributed by atoms with E-state index in [1.54, 1.807) is 0 Å². The molecule has 0 amide bonds. The predicted octanol–water partition coefficient (Wildman–Crippen LogP) is 6.22. The predicted molar refractivity (Wildman–Crippen MR) is 83.7 cm³/mol. The molecule has 0 saturated carbocycles. The zero-order chi connectivity index (χ0) is 12.8. The van der Waals surface area contributed by atoms with Crippen LogP contribution in [0.1, 0.15) is 77.6 Å². The zero-order valence-electron chi connectivity index (χ0n) is 12.0. The lowest BCUT2D eigenvalue weighted by Crippen LogP contribution is -2.35. The first-order chi connectivity index (χ1) is 8.83. The van der Waals surface area contributed by atoms with E-state index in [9.17, 15) is 0 Å². The van der Waals surface area contributed by atoms with Crippen molar-refractivity contribution in [3.8, 4) is 0 Å². The first-order valence-electron chi connectivity index (χ1n) is 8.18. The molecule has 2 bridgehead atoms. The molecule has 2 heteroatoms. The molecule has 0 spiro atoms. The van der Waals surface area contributed by atoms with Gasteiger partial charge in [0.25, 0.3) is 0 Å². The molecule has 102 valence electrons. The molecule has 2 aliphatic heterocycles. The van der Waals surface area contributed by atoms with Crippen molar-refractivity contribution in [2.75, 3.05) is 0 Å². The monoisotopic (exact) mass is 266 g/mol. The molecule has 0 aromatic carbocycles. The van der Waals surface area contributed by atoms with Crippen LogP contribution in [0.2, 0.25) is 11.6 Å². The van der Waals surface area contributed by atoms with E-state index in [0.29, 0.717) is 0 Å². The summed E-state index contributed by atoms with van der Waals surface area (Å²) in [5, 5.41) is 0. The summed E-state index contributed by atoms with van der Waals surface area (Å²) in [5.74, 6) is 1.83. The lowest BCUT2D eigenvalue weighted by molar-refractivity contribution is 0.447. The van der Waals surface area contributed by atoms with Crippen LogP contribution in [0.15, 0.2) is 11.0 Å². The second-order valence-corrected chi connectivity index (χ2v) is 6.78. The van der Waals surface area contributed by atoms with Gasteiger partial charge in [0.1, 0.15) is 0 Å². The van der Waals surface area contributed by atoms with Crippen molar-refractivity contribution in [1.82, 2.24) is 0 Å². The van der Waals surface area contributed by atoms with Crippen molar-refractivity contribution in [1.29, 1.82) is 0 Å². The Hall–Kier alpha value is 0.0949. The van der Waals surface area contributed by atoms with Gasteiger partial charge in [-0.3, -0.25) is 0 Å². The molecule has 2 rings (SSSR count). The molecule has 2 fully saturated rings. The molecule has 0 unspecified atom stereocenters. The van der Waals surface area contributed by atoms with Gasteiger partial charge in [0, 0.05) is 0 Å². The molecule has 0 radical (unpaired) electrons. The number of fused-ring (bicyclic) bond motifs is 2. The second kappa shape index (κ2) is 7.63. The fourth-order valence-electron chi connectivity index (χ4n) is 4.07. The Kier molecular flexibility index (Phi) is 6.15. The van der Waals surface area contributed by atoms with E-state index in [1.807, 2.05) is 0 Å². The average molecular weight is 267 g/mol. The SMILES string of the molecule is CCCCCC/C=C(\Cl)B1C2CCCC1CCC2. The van der Waals surface area contributed by atoms with Crippen molar-refractivity contribution < 1.29 is 0 Å². The maximum Gasteiger partial charge on any atom is 0.196 e. The summed E-state index contributed by atoms with van der Waals surface area (Å²) in [7, 11) is 0. The molecule has 0 N–H and O–H groups in total. The highest BCUT2D eigenvalue weighted by atomic mass is 35.5. The number of unbranched alkanes of at least 4 members (excludes halogenated alkanes) is 4. The first-order valence-corrected chi connectivity index (χ1v) is 8.56. The Balaban J connectivity index is 1.83. The minimum atomic E-state index is 0.736. The summed E-state index contributed by atoms with van der Waals surface area (Å²) in [5.41, 5.74) is 0. The molecule has 2 aliphatic rings. The Morgan fingerprint density at radius 2 is 1.67 bits per heavy atom.